The Morgan fingerprint density at radius 3 is 2.68 bits per heavy atom. The van der Waals surface area contributed by atoms with Gasteiger partial charge in [-0.05, 0) is 18.1 Å². The molecule has 1 heterocycles. The number of carbonyl (C=O) groups is 3. The molecule has 0 aliphatic carbocycles. The molecule has 0 aliphatic heterocycles. The summed E-state index contributed by atoms with van der Waals surface area (Å²) in [6.45, 7) is 0. The lowest BCUT2D eigenvalue weighted by atomic mass is 10.0. The molecule has 10 N–H and O–H groups in total. The molecule has 0 aliphatic rings. The number of carbonyl (C=O) groups excluding carboxylic acids is 3. The average molecular weight is 350 g/mol. The molecular weight excluding hydrogens is 326 g/mol. The summed E-state index contributed by atoms with van der Waals surface area (Å²) in [4.78, 5) is 37.3. The number of primary amides is 1. The number of nitrogens with two attached hydrogens (primary N) is 2. The zero-order valence-electron chi connectivity index (χ0n) is 14.9. The Labute approximate surface area is 145 Å². The first kappa shape index (κ1) is 18.4. The second kappa shape index (κ2) is 8.81. The number of carboxylic acid groups (broad SMARTS) is 1. The molecule has 0 unspecified atom stereocenters. The van der Waals surface area contributed by atoms with Gasteiger partial charge >= 0.3 is 0 Å². The molecule has 9 heteroatoms. The summed E-state index contributed by atoms with van der Waals surface area (Å²) in [6, 6.07) is 5.24. The van der Waals surface area contributed by atoms with Crippen molar-refractivity contribution in [2.75, 3.05) is 0 Å². The molecule has 1 aromatic heterocycles. The van der Waals surface area contributed by atoms with Gasteiger partial charge in [0.2, 0.25) is 11.8 Å². The van der Waals surface area contributed by atoms with Crippen LogP contribution < -0.4 is 28.0 Å². The number of aromatic amines is 1. The van der Waals surface area contributed by atoms with Gasteiger partial charge in [-0.2, -0.15) is 0 Å². The molecule has 2 rings (SSSR count). The van der Waals surface area contributed by atoms with Gasteiger partial charge in [0.15, 0.2) is 0 Å². The number of rotatable bonds is 9. The molecule has 2 amide bonds. The average Bonchev–Trinajstić information content (AvgIpc) is 2.97. The number of H-pyrrole nitrogens is 1. The van der Waals surface area contributed by atoms with Gasteiger partial charge in [-0.1, -0.05) is 18.2 Å². The van der Waals surface area contributed by atoms with E-state index in [1.165, 1.54) is 0 Å². The zero-order valence-corrected chi connectivity index (χ0v) is 13.9. The number of fused-ring (bicyclic) bond motifs is 1. The monoisotopic (exact) mass is 350 g/mol. The first-order valence-corrected chi connectivity index (χ1v) is 7.44. The first-order valence-electron chi connectivity index (χ1n) is 7.94. The SMILES string of the molecule is [2H]N[C@H](CCC(=O)N[C@@H](Cc1c[nH]c2ccccc12)C(=O)[O-])C(N)=O.[NH4+]. The minimum atomic E-state index is -1.40. The molecule has 0 saturated heterocycles. The maximum atomic E-state index is 11.9. The Morgan fingerprint density at radius 2 is 2.04 bits per heavy atom. The summed E-state index contributed by atoms with van der Waals surface area (Å²) in [6.07, 6.45) is 1.61. The summed E-state index contributed by atoms with van der Waals surface area (Å²) in [5.41, 5.74) is 8.63. The number of quaternary nitrogens is 1. The summed E-state index contributed by atoms with van der Waals surface area (Å²) in [5.74, 6) is -2.71. The smallest absolute Gasteiger partial charge is 0.234 e. The predicted molar refractivity (Wildman–Crippen MR) is 91.3 cm³/mol. The van der Waals surface area contributed by atoms with Gasteiger partial charge in [0.1, 0.15) is 1.41 Å². The topological polar surface area (TPSA) is 191 Å². The van der Waals surface area contributed by atoms with Gasteiger partial charge in [-0.3, -0.25) is 9.59 Å². The van der Waals surface area contributed by atoms with Crippen LogP contribution in [0.4, 0.5) is 0 Å². The van der Waals surface area contributed by atoms with Crippen LogP contribution in [0.3, 0.4) is 0 Å². The van der Waals surface area contributed by atoms with Crippen molar-refractivity contribution in [3.8, 4) is 0 Å². The van der Waals surface area contributed by atoms with E-state index >= 15 is 0 Å². The minimum Gasteiger partial charge on any atom is -0.548 e. The molecule has 0 bridgehead atoms. The van der Waals surface area contributed by atoms with Crippen LogP contribution in [0.15, 0.2) is 30.5 Å². The van der Waals surface area contributed by atoms with E-state index in [0.29, 0.717) is 0 Å². The predicted octanol–water partition coefficient (Wildman–Crippen LogP) is -1.09. The van der Waals surface area contributed by atoms with Crippen LogP contribution in [0.25, 0.3) is 10.9 Å². The maximum Gasteiger partial charge on any atom is 0.234 e. The van der Waals surface area contributed by atoms with Crippen molar-refractivity contribution in [2.45, 2.75) is 31.3 Å². The van der Waals surface area contributed by atoms with Crippen LogP contribution in [0, 0.1) is 0 Å². The molecule has 0 radical (unpaired) electrons. The van der Waals surface area contributed by atoms with E-state index in [-0.39, 0.29) is 25.4 Å². The third-order valence-corrected chi connectivity index (χ3v) is 3.72. The fourth-order valence-electron chi connectivity index (χ4n) is 2.40. The Hall–Kier alpha value is -2.91. The molecule has 0 spiro atoms. The Balaban J connectivity index is 0.00000338. The molecule has 25 heavy (non-hydrogen) atoms. The van der Waals surface area contributed by atoms with Crippen LogP contribution >= 0.6 is 0 Å². The molecule has 136 valence electrons. The van der Waals surface area contributed by atoms with E-state index in [9.17, 15) is 19.5 Å². The number of aliphatic carboxylic acids is 1. The lowest BCUT2D eigenvalue weighted by Crippen LogP contribution is -2.49. The van der Waals surface area contributed by atoms with Gasteiger partial charge in [0, 0.05) is 29.9 Å². The van der Waals surface area contributed by atoms with Crippen LogP contribution in [0.2, 0.25) is 1.41 Å². The molecule has 2 atom stereocenters. The fourth-order valence-corrected chi connectivity index (χ4v) is 2.40. The van der Waals surface area contributed by atoms with E-state index in [0.717, 1.165) is 16.5 Å². The third kappa shape index (κ3) is 5.30. The number of aromatic nitrogens is 1. The van der Waals surface area contributed by atoms with Crippen molar-refractivity contribution in [2.24, 2.45) is 11.5 Å². The highest BCUT2D eigenvalue weighted by Crippen LogP contribution is 2.19. The second-order valence-corrected chi connectivity index (χ2v) is 5.50. The number of benzene rings is 1. The largest absolute Gasteiger partial charge is 0.548 e. The lowest BCUT2D eigenvalue weighted by Gasteiger charge is -2.20. The van der Waals surface area contributed by atoms with E-state index in [4.69, 9.17) is 7.15 Å². The van der Waals surface area contributed by atoms with E-state index < -0.39 is 29.9 Å². The van der Waals surface area contributed by atoms with Gasteiger partial charge < -0.3 is 37.8 Å². The number of nitrogens with one attached hydrogen (secondary N) is 2. The van der Waals surface area contributed by atoms with E-state index in [1.54, 1.807) is 6.20 Å². The number of hydrogen-bond donors (Lipinski definition) is 5. The summed E-state index contributed by atoms with van der Waals surface area (Å²) in [7, 11) is 0. The summed E-state index contributed by atoms with van der Waals surface area (Å²) >= 11 is 0. The van der Waals surface area contributed by atoms with Crippen LogP contribution in [0.1, 0.15) is 18.4 Å². The minimum absolute atomic E-state index is 0. The number of carboxylic acids is 1. The van der Waals surface area contributed by atoms with Gasteiger partial charge in [-0.15, -0.1) is 0 Å². The highest BCUT2D eigenvalue weighted by Gasteiger charge is 2.18. The quantitative estimate of drug-likeness (QED) is 0.383. The molecule has 1 aromatic carbocycles. The Kier molecular flexibility index (Phi) is 6.49. The molecular formula is C16H23N5O4. The highest BCUT2D eigenvalue weighted by atomic mass is 16.4. The van der Waals surface area contributed by atoms with E-state index in [1.807, 2.05) is 30.0 Å². The van der Waals surface area contributed by atoms with Gasteiger partial charge in [0.05, 0.1) is 18.1 Å². The first-order chi connectivity index (χ1) is 11.9. The maximum absolute atomic E-state index is 11.9. The van der Waals surface area contributed by atoms with Crippen molar-refractivity contribution in [3.05, 3.63) is 36.0 Å². The number of hydrogen-bond acceptors (Lipinski definition) is 5. The third-order valence-electron chi connectivity index (χ3n) is 3.72. The van der Waals surface area contributed by atoms with Crippen LogP contribution in [-0.2, 0) is 20.8 Å². The van der Waals surface area contributed by atoms with Crippen LogP contribution in [0.5, 0.6) is 0 Å². The summed E-state index contributed by atoms with van der Waals surface area (Å²) in [5, 5.41) is 14.6. The normalized spacial score (nSPS) is 13.4. The molecule has 0 saturated carbocycles. The zero-order chi connectivity index (χ0) is 18.4. The number of para-hydroxylation sites is 1. The van der Waals surface area contributed by atoms with Crippen molar-refractivity contribution < 1.29 is 20.9 Å². The van der Waals surface area contributed by atoms with Gasteiger partial charge in [0.25, 0.3) is 0 Å². The Morgan fingerprint density at radius 1 is 1.32 bits per heavy atom. The summed E-state index contributed by atoms with van der Waals surface area (Å²) < 4.78 is 6.96. The van der Waals surface area contributed by atoms with E-state index in [2.05, 4.69) is 10.3 Å². The van der Waals surface area contributed by atoms with Crippen molar-refractivity contribution in [3.63, 3.8) is 0 Å². The lowest BCUT2D eigenvalue weighted by molar-refractivity contribution is -0.308. The Bertz CT molecular complexity index is 779. The number of amides is 2. The van der Waals surface area contributed by atoms with Crippen LogP contribution in [-0.4, -0.2) is 34.9 Å². The van der Waals surface area contributed by atoms with Gasteiger partial charge in [-0.25, -0.2) is 0 Å². The van der Waals surface area contributed by atoms with Crippen molar-refractivity contribution in [1.29, 1.82) is 0 Å². The molecule has 9 nitrogen and oxygen atoms in total. The fraction of sp³-hybridized carbons (Fsp3) is 0.312. The van der Waals surface area contributed by atoms with Crippen molar-refractivity contribution in [1.82, 2.24) is 16.5 Å². The molecule has 2 aromatic rings. The molecule has 0 fully saturated rings. The second-order valence-electron chi connectivity index (χ2n) is 5.50. The standard InChI is InChI=1S/C16H20N4O4.H3N/c17-11(15(18)22)5-6-14(21)20-13(16(23)24)7-9-8-19-12-4-2-1-3-10(9)12;/h1-4,8,11,13,19H,5-7,17H2,(H2,18,22)(H,20,21)(H,23,24);1H3/t11-,13+;/m1./s1/i/hD. The highest BCUT2D eigenvalue weighted by molar-refractivity contribution is 5.86. The van der Waals surface area contributed by atoms with Crippen molar-refractivity contribution >= 4 is 28.7 Å².